The number of rotatable bonds is 6. The molecule has 2 aliphatic rings. The zero-order valence-corrected chi connectivity index (χ0v) is 14.5. The molecule has 1 aromatic heterocycles. The predicted octanol–water partition coefficient (Wildman–Crippen LogP) is 3.08. The highest BCUT2D eigenvalue weighted by atomic mass is 16.5. The Morgan fingerprint density at radius 3 is 2.52 bits per heavy atom. The Morgan fingerprint density at radius 1 is 1.12 bits per heavy atom. The van der Waals surface area contributed by atoms with Crippen molar-refractivity contribution in [2.75, 3.05) is 13.1 Å². The molecular weight excluding hydrogens is 314 g/mol. The summed E-state index contributed by atoms with van der Waals surface area (Å²) in [6.45, 7) is 3.43. The molecule has 1 saturated heterocycles. The molecule has 5 heteroatoms. The van der Waals surface area contributed by atoms with Crippen molar-refractivity contribution in [1.82, 2.24) is 15.0 Å². The largest absolute Gasteiger partial charge is 0.360 e. The van der Waals surface area contributed by atoms with E-state index in [1.54, 1.807) is 6.20 Å². The van der Waals surface area contributed by atoms with Crippen LogP contribution in [0.5, 0.6) is 0 Å². The van der Waals surface area contributed by atoms with E-state index in [-0.39, 0.29) is 5.92 Å². The minimum absolute atomic E-state index is 0.162. The normalized spacial score (nSPS) is 19.0. The molecule has 1 aliphatic carbocycles. The third-order valence-electron chi connectivity index (χ3n) is 5.27. The van der Waals surface area contributed by atoms with Gasteiger partial charge in [0.25, 0.3) is 0 Å². The van der Waals surface area contributed by atoms with E-state index in [1.165, 1.54) is 5.56 Å². The number of piperidine rings is 1. The average Bonchev–Trinajstić information content (AvgIpc) is 3.37. The second-order valence-electron chi connectivity index (χ2n) is 7.21. The van der Waals surface area contributed by atoms with Gasteiger partial charge in [-0.05, 0) is 44.3 Å². The highest BCUT2D eigenvalue weighted by Gasteiger charge is 2.36. The monoisotopic (exact) mass is 339 g/mol. The second kappa shape index (κ2) is 7.40. The van der Waals surface area contributed by atoms with E-state index in [2.05, 4.69) is 27.1 Å². The molecule has 0 bridgehead atoms. The Labute approximate surface area is 148 Å². The maximum Gasteiger partial charge on any atom is 0.226 e. The molecular formula is C20H25N3O2. The molecule has 1 aliphatic heterocycles. The fourth-order valence-electron chi connectivity index (χ4n) is 3.67. The van der Waals surface area contributed by atoms with Gasteiger partial charge < -0.3 is 9.42 Å². The Hall–Kier alpha value is -2.14. The lowest BCUT2D eigenvalue weighted by Gasteiger charge is -2.34. The molecule has 1 amide bonds. The van der Waals surface area contributed by atoms with Crippen molar-refractivity contribution in [1.29, 1.82) is 0 Å². The summed E-state index contributed by atoms with van der Waals surface area (Å²) in [6.07, 6.45) is 5.87. The lowest BCUT2D eigenvalue weighted by atomic mass is 9.94. The van der Waals surface area contributed by atoms with E-state index in [0.717, 1.165) is 57.6 Å². The van der Waals surface area contributed by atoms with E-state index < -0.39 is 0 Å². The van der Waals surface area contributed by atoms with E-state index in [9.17, 15) is 4.79 Å². The molecule has 5 nitrogen and oxygen atoms in total. The summed E-state index contributed by atoms with van der Waals surface area (Å²) in [6, 6.07) is 12.7. The van der Waals surface area contributed by atoms with Gasteiger partial charge in [0.2, 0.25) is 5.91 Å². The van der Waals surface area contributed by atoms with Crippen LogP contribution < -0.4 is 0 Å². The van der Waals surface area contributed by atoms with Gasteiger partial charge in [-0.25, -0.2) is 0 Å². The molecule has 2 heterocycles. The lowest BCUT2D eigenvalue weighted by molar-refractivity contribution is -0.138. The van der Waals surface area contributed by atoms with Crippen LogP contribution in [0.15, 0.2) is 47.1 Å². The molecule has 2 aromatic rings. The van der Waals surface area contributed by atoms with Crippen molar-refractivity contribution in [2.45, 2.75) is 44.8 Å². The lowest BCUT2D eigenvalue weighted by Crippen LogP contribution is -2.43. The quantitative estimate of drug-likeness (QED) is 0.811. The molecule has 0 radical (unpaired) electrons. The van der Waals surface area contributed by atoms with Crippen molar-refractivity contribution in [3.05, 3.63) is 53.9 Å². The molecule has 1 aromatic carbocycles. The van der Waals surface area contributed by atoms with Gasteiger partial charge in [-0.1, -0.05) is 35.5 Å². The van der Waals surface area contributed by atoms with Crippen molar-refractivity contribution in [3.8, 4) is 0 Å². The Morgan fingerprint density at radius 2 is 1.88 bits per heavy atom. The summed E-state index contributed by atoms with van der Waals surface area (Å²) < 4.78 is 5.19. The van der Waals surface area contributed by atoms with Crippen molar-refractivity contribution >= 4 is 5.91 Å². The number of benzene rings is 1. The van der Waals surface area contributed by atoms with E-state index in [0.29, 0.717) is 11.9 Å². The van der Waals surface area contributed by atoms with Crippen LogP contribution in [-0.4, -0.2) is 40.0 Å². The molecule has 0 N–H and O–H groups in total. The van der Waals surface area contributed by atoms with Gasteiger partial charge in [0.15, 0.2) is 5.76 Å². The number of carbonyl (C=O) groups excluding carboxylic acids is 1. The van der Waals surface area contributed by atoms with Crippen molar-refractivity contribution in [2.24, 2.45) is 5.92 Å². The van der Waals surface area contributed by atoms with Gasteiger partial charge in [0.1, 0.15) is 0 Å². The first-order valence-electron chi connectivity index (χ1n) is 9.26. The van der Waals surface area contributed by atoms with Crippen molar-refractivity contribution < 1.29 is 9.32 Å². The number of hydrogen-bond donors (Lipinski definition) is 0. The van der Waals surface area contributed by atoms with Crippen LogP contribution in [0.1, 0.15) is 37.0 Å². The molecule has 25 heavy (non-hydrogen) atoms. The van der Waals surface area contributed by atoms with Crippen LogP contribution in [0.2, 0.25) is 0 Å². The van der Waals surface area contributed by atoms with Gasteiger partial charge in [-0.2, -0.15) is 0 Å². The molecule has 4 rings (SSSR count). The zero-order valence-electron chi connectivity index (χ0n) is 14.5. The summed E-state index contributed by atoms with van der Waals surface area (Å²) >= 11 is 0. The van der Waals surface area contributed by atoms with Gasteiger partial charge >= 0.3 is 0 Å². The van der Waals surface area contributed by atoms with Crippen LogP contribution in [0.3, 0.4) is 0 Å². The fraction of sp³-hybridized carbons (Fsp3) is 0.500. The summed E-state index contributed by atoms with van der Waals surface area (Å²) in [5.74, 6) is 1.41. The maximum absolute atomic E-state index is 13.1. The van der Waals surface area contributed by atoms with E-state index >= 15 is 0 Å². The molecule has 132 valence electrons. The SMILES string of the molecule is O=C(C1CCN(Cc2ccno2)CC1)N(Cc1ccccc1)C1CC1. The number of amides is 1. The first kappa shape index (κ1) is 16.3. The number of carbonyl (C=O) groups is 1. The summed E-state index contributed by atoms with van der Waals surface area (Å²) in [7, 11) is 0. The molecule has 1 saturated carbocycles. The van der Waals surface area contributed by atoms with Gasteiger partial charge in [-0.15, -0.1) is 0 Å². The van der Waals surface area contributed by atoms with Gasteiger partial charge in [-0.3, -0.25) is 9.69 Å². The second-order valence-corrected chi connectivity index (χ2v) is 7.21. The summed E-state index contributed by atoms with van der Waals surface area (Å²) in [4.78, 5) is 17.6. The number of aromatic nitrogens is 1. The zero-order chi connectivity index (χ0) is 17.1. The van der Waals surface area contributed by atoms with Crippen LogP contribution in [0.4, 0.5) is 0 Å². The Bertz CT molecular complexity index is 674. The average molecular weight is 339 g/mol. The Kier molecular flexibility index (Phi) is 4.83. The number of hydrogen-bond acceptors (Lipinski definition) is 4. The first-order valence-corrected chi connectivity index (χ1v) is 9.26. The van der Waals surface area contributed by atoms with Crippen LogP contribution in [-0.2, 0) is 17.9 Å². The maximum atomic E-state index is 13.1. The fourth-order valence-corrected chi connectivity index (χ4v) is 3.67. The third-order valence-corrected chi connectivity index (χ3v) is 5.27. The number of nitrogens with zero attached hydrogens (tertiary/aromatic N) is 3. The highest BCUT2D eigenvalue weighted by molar-refractivity contribution is 5.79. The summed E-state index contributed by atoms with van der Waals surface area (Å²) in [5, 5.41) is 3.76. The molecule has 0 unspecified atom stereocenters. The van der Waals surface area contributed by atoms with Crippen molar-refractivity contribution in [3.63, 3.8) is 0 Å². The highest BCUT2D eigenvalue weighted by Crippen LogP contribution is 2.32. The van der Waals surface area contributed by atoms with Gasteiger partial charge in [0.05, 0.1) is 12.7 Å². The summed E-state index contributed by atoms with van der Waals surface area (Å²) in [5.41, 5.74) is 1.23. The minimum atomic E-state index is 0.162. The van der Waals surface area contributed by atoms with Crippen LogP contribution in [0, 0.1) is 5.92 Å². The van der Waals surface area contributed by atoms with Crippen LogP contribution in [0.25, 0.3) is 0 Å². The standard InChI is InChI=1S/C20H25N3O2/c24-20(23(18-6-7-18)14-16-4-2-1-3-5-16)17-9-12-22(13-10-17)15-19-8-11-21-25-19/h1-5,8,11,17-18H,6-7,9-10,12-15H2. The smallest absolute Gasteiger partial charge is 0.226 e. The Balaban J connectivity index is 1.33. The molecule has 0 spiro atoms. The minimum Gasteiger partial charge on any atom is -0.360 e. The van der Waals surface area contributed by atoms with E-state index in [1.807, 2.05) is 24.3 Å². The first-order chi connectivity index (χ1) is 12.3. The molecule has 2 fully saturated rings. The van der Waals surface area contributed by atoms with Gasteiger partial charge in [0, 0.05) is 24.6 Å². The van der Waals surface area contributed by atoms with Crippen LogP contribution >= 0.6 is 0 Å². The number of likely N-dealkylation sites (tertiary alicyclic amines) is 1. The third kappa shape index (κ3) is 4.10. The molecule has 0 atom stereocenters. The van der Waals surface area contributed by atoms with E-state index in [4.69, 9.17) is 4.52 Å². The topological polar surface area (TPSA) is 49.6 Å². The predicted molar refractivity (Wildman–Crippen MR) is 94.5 cm³/mol.